The van der Waals surface area contributed by atoms with Crippen molar-refractivity contribution >= 4 is 14.3 Å². The summed E-state index contributed by atoms with van der Waals surface area (Å²) in [5, 5.41) is 6.89. The average Bonchev–Trinajstić information content (AvgIpc) is 1.27. The van der Waals surface area contributed by atoms with Gasteiger partial charge in [-0.15, -0.1) is 0 Å². The Balaban J connectivity index is -0.0000000326. The summed E-state index contributed by atoms with van der Waals surface area (Å²) in [6.07, 6.45) is 0. The number of carboxylic acid groups (broad SMARTS) is 1. The zero-order valence-electron chi connectivity index (χ0n) is 5.63. The van der Waals surface area contributed by atoms with Gasteiger partial charge in [-0.25, -0.2) is 4.57 Å². The van der Waals surface area contributed by atoms with Crippen LogP contribution in [0.15, 0.2) is 0 Å². The van der Waals surface area contributed by atoms with Crippen LogP contribution in [0.4, 0.5) is 0 Å². The summed E-state index contributed by atoms with van der Waals surface area (Å²) in [7, 11) is -4.64. The zero-order valence-corrected chi connectivity index (χ0v) is 8.65. The number of rotatable bonds is 0. The van der Waals surface area contributed by atoms with Crippen molar-refractivity contribution in [3.63, 3.8) is 0 Å². The molecule has 52 valence electrons. The van der Waals surface area contributed by atoms with E-state index < -0.39 is 7.82 Å². The van der Waals surface area contributed by atoms with Gasteiger partial charge in [0, 0.05) is 0 Å². The van der Waals surface area contributed by atoms with Gasteiger partial charge in [-0.1, -0.05) is 0 Å². The number of hydrogen-bond acceptors (Lipinski definition) is 2. The molecule has 9 heavy (non-hydrogen) atoms. The second-order valence-corrected chi connectivity index (χ2v) is 1.65. The maximum Gasteiger partial charge on any atom is 1.00 e. The molecule has 0 saturated heterocycles. The van der Waals surface area contributed by atoms with E-state index in [4.69, 9.17) is 29.1 Å². The van der Waals surface area contributed by atoms with Crippen LogP contribution < -0.4 is 51.4 Å². The molecular formula is CH6KO6P. The van der Waals surface area contributed by atoms with Gasteiger partial charge in [-0.2, -0.15) is 0 Å². The topological polar surface area (TPSA) is 115 Å². The van der Waals surface area contributed by atoms with Gasteiger partial charge in [0.15, 0.2) is 0 Å². The van der Waals surface area contributed by atoms with Crippen molar-refractivity contribution in [1.29, 1.82) is 0 Å². The molecule has 0 atom stereocenters. The number of phosphoric acid groups is 1. The molecule has 0 fully saturated rings. The van der Waals surface area contributed by atoms with Crippen LogP contribution in [0.1, 0.15) is 1.43 Å². The van der Waals surface area contributed by atoms with Crippen molar-refractivity contribution in [3.8, 4) is 0 Å². The summed E-state index contributed by atoms with van der Waals surface area (Å²) in [4.78, 5) is 29.9. The Hall–Kier alpha value is 1.22. The van der Waals surface area contributed by atoms with E-state index >= 15 is 0 Å². The van der Waals surface area contributed by atoms with E-state index in [2.05, 4.69) is 0 Å². The first-order chi connectivity index (χ1) is 3.41. The second-order valence-electron chi connectivity index (χ2n) is 0.619. The molecule has 0 unspecified atom stereocenters. The van der Waals surface area contributed by atoms with Crippen LogP contribution in [0.5, 0.6) is 0 Å². The molecule has 0 spiro atoms. The molecule has 0 amide bonds. The number of hydrogen-bond donors (Lipinski definition) is 4. The predicted octanol–water partition coefficient (Wildman–Crippen LogP) is -4.11. The van der Waals surface area contributed by atoms with Crippen molar-refractivity contribution in [2.75, 3.05) is 0 Å². The molecule has 0 aromatic carbocycles. The van der Waals surface area contributed by atoms with Crippen molar-refractivity contribution in [3.05, 3.63) is 0 Å². The first-order valence-corrected chi connectivity index (χ1v) is 2.84. The SMILES string of the molecule is O=CO.O=P(O)(O)O.[H-].[K+]. The fourth-order valence-corrected chi connectivity index (χ4v) is 0. The summed E-state index contributed by atoms with van der Waals surface area (Å²) in [6, 6.07) is 0. The molecule has 6 nitrogen and oxygen atoms in total. The van der Waals surface area contributed by atoms with Gasteiger partial charge in [0.05, 0.1) is 0 Å². The second kappa shape index (κ2) is 9.22. The van der Waals surface area contributed by atoms with E-state index in [0.717, 1.165) is 0 Å². The molecule has 0 aliphatic carbocycles. The molecule has 0 bridgehead atoms. The van der Waals surface area contributed by atoms with Crippen LogP contribution in [0.25, 0.3) is 0 Å². The summed E-state index contributed by atoms with van der Waals surface area (Å²) in [6.45, 7) is -0.250. The predicted molar refractivity (Wildman–Crippen MR) is 24.1 cm³/mol. The van der Waals surface area contributed by atoms with Gasteiger partial charge < -0.3 is 21.2 Å². The van der Waals surface area contributed by atoms with Crippen LogP contribution in [-0.2, 0) is 9.36 Å². The van der Waals surface area contributed by atoms with Crippen molar-refractivity contribution in [1.82, 2.24) is 0 Å². The summed E-state index contributed by atoms with van der Waals surface area (Å²) >= 11 is 0. The molecule has 0 aromatic heterocycles. The third kappa shape index (κ3) is 324. The zero-order chi connectivity index (χ0) is 7.21. The minimum Gasteiger partial charge on any atom is -1.00 e. The van der Waals surface area contributed by atoms with Gasteiger partial charge in [-0.3, -0.25) is 4.79 Å². The van der Waals surface area contributed by atoms with Gasteiger partial charge in [-0.05, 0) is 0 Å². The first-order valence-electron chi connectivity index (χ1n) is 1.28. The molecule has 0 aromatic rings. The first kappa shape index (κ1) is 16.7. The third-order valence-corrected chi connectivity index (χ3v) is 0. The normalized spacial score (nSPS) is 7.89. The van der Waals surface area contributed by atoms with Crippen molar-refractivity contribution < 1.29 is 82.0 Å². The standard InChI is InChI=1S/CH2O2.K.H3O4P.H/c2-1-3;;1-5(2,3)4;/h1H,(H,2,3);;(H3,1,2,3,4);/q;+1;;-1. The fraction of sp³-hybridized carbons (Fsp3) is 0. The fourth-order valence-electron chi connectivity index (χ4n) is 0. The minimum absolute atomic E-state index is 0. The third-order valence-electron chi connectivity index (χ3n) is 0. The molecule has 0 aliphatic rings. The van der Waals surface area contributed by atoms with Crippen LogP contribution in [-0.4, -0.2) is 26.3 Å². The van der Waals surface area contributed by atoms with Crippen molar-refractivity contribution in [2.45, 2.75) is 0 Å². The van der Waals surface area contributed by atoms with Crippen LogP contribution in [0.3, 0.4) is 0 Å². The Bertz CT molecular complexity index is 91.7. The van der Waals surface area contributed by atoms with Gasteiger partial charge in [0.2, 0.25) is 0 Å². The smallest absolute Gasteiger partial charge is 1.00 e. The van der Waals surface area contributed by atoms with E-state index in [1.165, 1.54) is 0 Å². The van der Waals surface area contributed by atoms with Crippen molar-refractivity contribution in [2.24, 2.45) is 0 Å². The van der Waals surface area contributed by atoms with Gasteiger partial charge in [0.25, 0.3) is 6.47 Å². The van der Waals surface area contributed by atoms with E-state index in [9.17, 15) is 0 Å². The van der Waals surface area contributed by atoms with E-state index in [1.807, 2.05) is 0 Å². The molecule has 0 saturated carbocycles. The summed E-state index contributed by atoms with van der Waals surface area (Å²) in [5.74, 6) is 0. The Kier molecular flexibility index (Phi) is 17.1. The summed E-state index contributed by atoms with van der Waals surface area (Å²) in [5.41, 5.74) is 0. The Morgan fingerprint density at radius 3 is 1.33 bits per heavy atom. The van der Waals surface area contributed by atoms with Gasteiger partial charge in [0.1, 0.15) is 0 Å². The molecule has 0 aliphatic heterocycles. The van der Waals surface area contributed by atoms with Gasteiger partial charge >= 0.3 is 59.2 Å². The van der Waals surface area contributed by atoms with E-state index in [0.29, 0.717) is 0 Å². The molecular weight excluding hydrogens is 178 g/mol. The molecule has 0 radical (unpaired) electrons. The van der Waals surface area contributed by atoms with Crippen LogP contribution in [0, 0.1) is 0 Å². The Labute approximate surface area is 95.0 Å². The monoisotopic (exact) mass is 184 g/mol. The molecule has 0 rings (SSSR count). The number of carbonyl (C=O) groups is 1. The van der Waals surface area contributed by atoms with Crippen LogP contribution in [0.2, 0.25) is 0 Å². The molecule has 4 N–H and O–H groups in total. The average molecular weight is 184 g/mol. The van der Waals surface area contributed by atoms with E-state index in [1.54, 1.807) is 0 Å². The van der Waals surface area contributed by atoms with E-state index in [-0.39, 0.29) is 59.3 Å². The minimum atomic E-state index is -4.64. The molecule has 0 heterocycles. The maximum atomic E-state index is 8.88. The Morgan fingerprint density at radius 1 is 1.33 bits per heavy atom. The Morgan fingerprint density at radius 2 is 1.33 bits per heavy atom. The van der Waals surface area contributed by atoms with Crippen LogP contribution >= 0.6 is 7.82 Å². The molecule has 8 heteroatoms. The summed E-state index contributed by atoms with van der Waals surface area (Å²) < 4.78 is 8.88. The largest absolute Gasteiger partial charge is 1.00 e. The quantitative estimate of drug-likeness (QED) is 0.173. The maximum absolute atomic E-state index is 8.88.